The first-order valence-electron chi connectivity index (χ1n) is 10.0. The van der Waals surface area contributed by atoms with E-state index in [1.807, 2.05) is 38.1 Å². The molecule has 1 aromatic heterocycles. The molecule has 3 amide bonds. The third-order valence-electron chi connectivity index (χ3n) is 4.92. The van der Waals surface area contributed by atoms with Gasteiger partial charge in [0, 0.05) is 11.6 Å². The summed E-state index contributed by atoms with van der Waals surface area (Å²) in [5.41, 5.74) is 1.80. The van der Waals surface area contributed by atoms with E-state index in [0.29, 0.717) is 22.6 Å². The van der Waals surface area contributed by atoms with Crippen LogP contribution in [0, 0.1) is 24.5 Å². The van der Waals surface area contributed by atoms with Crippen molar-refractivity contribution in [3.63, 3.8) is 0 Å². The first-order valence-corrected chi connectivity index (χ1v) is 10.8. The summed E-state index contributed by atoms with van der Waals surface area (Å²) in [7, 11) is 0. The molecule has 10 heteroatoms. The summed E-state index contributed by atoms with van der Waals surface area (Å²) in [6.45, 7) is 5.67. The van der Waals surface area contributed by atoms with Gasteiger partial charge in [-0.05, 0) is 25.0 Å². The summed E-state index contributed by atoms with van der Waals surface area (Å²) in [6, 6.07) is 8.86. The number of carbonyl (C=O) groups excluding carboxylic acids is 2. The van der Waals surface area contributed by atoms with Gasteiger partial charge in [-0.1, -0.05) is 61.4 Å². The molecule has 0 spiro atoms. The number of amides is 3. The molecular formula is C22H23F2N5O2S. The fourth-order valence-corrected chi connectivity index (χ4v) is 3.61. The molecule has 2 unspecified atom stereocenters. The van der Waals surface area contributed by atoms with Gasteiger partial charge in [0.15, 0.2) is 0 Å². The summed E-state index contributed by atoms with van der Waals surface area (Å²) in [6.07, 6.45) is 0.605. The molecule has 2 atom stereocenters. The number of nitrogens with zero attached hydrogens (tertiary/aromatic N) is 2. The number of carbonyl (C=O) groups is 2. The average molecular weight is 460 g/mol. The molecule has 0 aliphatic carbocycles. The number of benzene rings is 2. The van der Waals surface area contributed by atoms with E-state index in [9.17, 15) is 18.4 Å². The summed E-state index contributed by atoms with van der Waals surface area (Å²) in [4.78, 5) is 25.2. The van der Waals surface area contributed by atoms with Crippen molar-refractivity contribution in [1.82, 2.24) is 15.5 Å². The summed E-state index contributed by atoms with van der Waals surface area (Å²) >= 11 is 1.21. The largest absolute Gasteiger partial charge is 0.326 e. The molecule has 3 rings (SSSR count). The second kappa shape index (κ2) is 10.3. The van der Waals surface area contributed by atoms with E-state index in [1.54, 1.807) is 6.92 Å². The van der Waals surface area contributed by atoms with Crippen LogP contribution in [0.3, 0.4) is 0 Å². The van der Waals surface area contributed by atoms with E-state index in [4.69, 9.17) is 0 Å². The van der Waals surface area contributed by atoms with Gasteiger partial charge in [-0.15, -0.1) is 10.2 Å². The minimum atomic E-state index is -0.915. The average Bonchev–Trinajstić information content (AvgIpc) is 3.22. The third kappa shape index (κ3) is 5.85. The van der Waals surface area contributed by atoms with Crippen LogP contribution in [-0.4, -0.2) is 28.2 Å². The van der Waals surface area contributed by atoms with Crippen LogP contribution < -0.4 is 16.0 Å². The van der Waals surface area contributed by atoms with Crippen LogP contribution in [0.4, 0.5) is 24.4 Å². The lowest BCUT2D eigenvalue weighted by Crippen LogP contribution is -2.49. The Morgan fingerprint density at radius 3 is 2.44 bits per heavy atom. The molecular weight excluding hydrogens is 436 g/mol. The van der Waals surface area contributed by atoms with Gasteiger partial charge >= 0.3 is 6.03 Å². The lowest BCUT2D eigenvalue weighted by atomic mass is 9.98. The van der Waals surface area contributed by atoms with Gasteiger partial charge in [0.05, 0.1) is 5.69 Å². The Balaban J connectivity index is 1.68. The zero-order valence-corrected chi connectivity index (χ0v) is 18.6. The van der Waals surface area contributed by atoms with Crippen molar-refractivity contribution >= 4 is 34.1 Å². The van der Waals surface area contributed by atoms with Crippen LogP contribution in [0.1, 0.15) is 25.8 Å². The molecule has 0 aliphatic heterocycles. The first kappa shape index (κ1) is 23.3. The van der Waals surface area contributed by atoms with Crippen LogP contribution in [0.25, 0.3) is 10.6 Å². The molecule has 0 fully saturated rings. The number of hydrogen-bond acceptors (Lipinski definition) is 5. The number of rotatable bonds is 7. The molecule has 7 nitrogen and oxygen atoms in total. The molecule has 0 saturated heterocycles. The maximum absolute atomic E-state index is 13.8. The van der Waals surface area contributed by atoms with Crippen LogP contribution >= 0.6 is 11.3 Å². The molecule has 3 aromatic rings. The van der Waals surface area contributed by atoms with Crippen molar-refractivity contribution in [2.75, 3.05) is 10.6 Å². The van der Waals surface area contributed by atoms with Gasteiger partial charge in [0.25, 0.3) is 0 Å². The second-order valence-corrected chi connectivity index (χ2v) is 8.33. The number of hydrogen-bond donors (Lipinski definition) is 3. The summed E-state index contributed by atoms with van der Waals surface area (Å²) in [5.74, 6) is -2.36. The Labute approximate surface area is 188 Å². The van der Waals surface area contributed by atoms with Gasteiger partial charge < -0.3 is 10.6 Å². The highest BCUT2D eigenvalue weighted by Gasteiger charge is 2.27. The molecule has 0 aliphatic rings. The standard InChI is InChI=1S/C22H23F2N5O2S/c1-4-13(3)18(26-21(31)25-17-10-9-15(23)11-16(17)24)19(30)27-22-29-28-20(32-22)14-7-5-12(2)6-8-14/h5-11,13,18H,4H2,1-3H3,(H2,25,26,31)(H,27,29,30). The number of aryl methyl sites for hydroxylation is 1. The highest BCUT2D eigenvalue weighted by molar-refractivity contribution is 7.18. The van der Waals surface area contributed by atoms with Crippen molar-refractivity contribution in [2.45, 2.75) is 33.2 Å². The van der Waals surface area contributed by atoms with Gasteiger partial charge in [0.1, 0.15) is 22.7 Å². The molecule has 3 N–H and O–H groups in total. The number of anilines is 2. The van der Waals surface area contributed by atoms with Crippen molar-refractivity contribution < 1.29 is 18.4 Å². The van der Waals surface area contributed by atoms with E-state index in [1.165, 1.54) is 11.3 Å². The lowest BCUT2D eigenvalue weighted by Gasteiger charge is -2.23. The molecule has 0 saturated carbocycles. The minimum Gasteiger partial charge on any atom is -0.326 e. The van der Waals surface area contributed by atoms with Crippen molar-refractivity contribution in [3.05, 3.63) is 59.7 Å². The van der Waals surface area contributed by atoms with Gasteiger partial charge in [-0.25, -0.2) is 13.6 Å². The maximum Gasteiger partial charge on any atom is 0.319 e. The number of nitrogens with one attached hydrogen (secondary N) is 3. The lowest BCUT2D eigenvalue weighted by molar-refractivity contribution is -0.119. The van der Waals surface area contributed by atoms with Crippen molar-refractivity contribution in [2.24, 2.45) is 5.92 Å². The third-order valence-corrected chi connectivity index (χ3v) is 5.80. The smallest absolute Gasteiger partial charge is 0.319 e. The zero-order valence-electron chi connectivity index (χ0n) is 17.8. The van der Waals surface area contributed by atoms with E-state index < -0.39 is 29.6 Å². The zero-order chi connectivity index (χ0) is 23.3. The topological polar surface area (TPSA) is 96.0 Å². The highest BCUT2D eigenvalue weighted by Crippen LogP contribution is 2.27. The number of urea groups is 1. The number of halogens is 2. The van der Waals surface area contributed by atoms with Crippen molar-refractivity contribution in [1.29, 1.82) is 0 Å². The molecule has 1 heterocycles. The van der Waals surface area contributed by atoms with E-state index >= 15 is 0 Å². The van der Waals surface area contributed by atoms with Crippen LogP contribution in [0.5, 0.6) is 0 Å². The maximum atomic E-state index is 13.8. The van der Waals surface area contributed by atoms with Crippen LogP contribution in [0.15, 0.2) is 42.5 Å². The Kier molecular flexibility index (Phi) is 7.47. The quantitative estimate of drug-likeness (QED) is 0.465. The Morgan fingerprint density at radius 1 is 1.06 bits per heavy atom. The minimum absolute atomic E-state index is 0.195. The van der Waals surface area contributed by atoms with E-state index in [0.717, 1.165) is 23.3 Å². The van der Waals surface area contributed by atoms with E-state index in [2.05, 4.69) is 26.1 Å². The second-order valence-electron chi connectivity index (χ2n) is 7.35. The van der Waals surface area contributed by atoms with Gasteiger partial charge in [-0.3, -0.25) is 10.1 Å². The SMILES string of the molecule is CCC(C)C(NC(=O)Nc1ccc(F)cc1F)C(=O)Nc1nnc(-c2ccc(C)cc2)s1. The predicted octanol–water partition coefficient (Wildman–Crippen LogP) is 4.97. The fraction of sp³-hybridized carbons (Fsp3) is 0.273. The highest BCUT2D eigenvalue weighted by atomic mass is 32.1. The fourth-order valence-electron chi connectivity index (χ4n) is 2.86. The van der Waals surface area contributed by atoms with E-state index in [-0.39, 0.29) is 11.6 Å². The van der Waals surface area contributed by atoms with Crippen molar-refractivity contribution in [3.8, 4) is 10.6 Å². The summed E-state index contributed by atoms with van der Waals surface area (Å²) < 4.78 is 26.9. The molecule has 168 valence electrons. The van der Waals surface area contributed by atoms with Crippen LogP contribution in [-0.2, 0) is 4.79 Å². The Bertz CT molecular complexity index is 1100. The predicted molar refractivity (Wildman–Crippen MR) is 120 cm³/mol. The first-order chi connectivity index (χ1) is 15.3. The normalized spacial score (nSPS) is 12.7. The molecule has 0 bridgehead atoms. The molecule has 0 radical (unpaired) electrons. The molecule has 2 aromatic carbocycles. The number of aromatic nitrogens is 2. The Hall–Kier alpha value is -3.40. The van der Waals surface area contributed by atoms with Gasteiger partial charge in [-0.2, -0.15) is 0 Å². The summed E-state index contributed by atoms with van der Waals surface area (Å²) in [5, 5.41) is 16.6. The monoisotopic (exact) mass is 459 g/mol. The van der Waals surface area contributed by atoms with Crippen LogP contribution in [0.2, 0.25) is 0 Å². The van der Waals surface area contributed by atoms with Gasteiger partial charge in [0.2, 0.25) is 11.0 Å². The molecule has 32 heavy (non-hydrogen) atoms. The Morgan fingerprint density at radius 2 is 1.78 bits per heavy atom.